The average Bonchev–Trinajstić information content (AvgIpc) is 3.65. The Hall–Kier alpha value is -3.98. The van der Waals surface area contributed by atoms with Crippen molar-refractivity contribution in [2.75, 3.05) is 0 Å². The van der Waals surface area contributed by atoms with Gasteiger partial charge in [-0.05, 0) is 35.7 Å². The zero-order valence-electron chi connectivity index (χ0n) is 19.1. The van der Waals surface area contributed by atoms with Crippen molar-refractivity contribution >= 4 is 11.7 Å². The quantitative estimate of drug-likeness (QED) is 0.328. The van der Waals surface area contributed by atoms with Crippen molar-refractivity contribution in [3.8, 4) is 0 Å². The average molecular weight is 446 g/mol. The van der Waals surface area contributed by atoms with Gasteiger partial charge < -0.3 is 5.32 Å². The second-order valence-corrected chi connectivity index (χ2v) is 8.95. The summed E-state index contributed by atoms with van der Waals surface area (Å²) in [7, 11) is 0. The van der Waals surface area contributed by atoms with Gasteiger partial charge in [0, 0.05) is 28.9 Å². The summed E-state index contributed by atoms with van der Waals surface area (Å²) in [5.41, 5.74) is 4.49. The van der Waals surface area contributed by atoms with Gasteiger partial charge in [0.15, 0.2) is 5.78 Å². The summed E-state index contributed by atoms with van der Waals surface area (Å²) in [6.07, 6.45) is 0. The number of ketones is 1. The van der Waals surface area contributed by atoms with E-state index in [-0.39, 0.29) is 35.5 Å². The Kier molecular flexibility index (Phi) is 6.09. The lowest BCUT2D eigenvalue weighted by atomic mass is 10.00. The molecule has 0 saturated heterocycles. The molecule has 5 rings (SSSR count). The molecule has 0 aromatic heterocycles. The van der Waals surface area contributed by atoms with Crippen molar-refractivity contribution in [1.29, 1.82) is 0 Å². The van der Waals surface area contributed by atoms with Crippen LogP contribution in [0.1, 0.15) is 62.2 Å². The minimum absolute atomic E-state index is 0.0912. The number of rotatable bonds is 7. The molecule has 168 valence electrons. The Labute approximate surface area is 200 Å². The molecule has 3 heteroatoms. The first-order chi connectivity index (χ1) is 16.6. The fourth-order valence-corrected chi connectivity index (χ4v) is 4.93. The van der Waals surface area contributed by atoms with Crippen LogP contribution in [0.2, 0.25) is 0 Å². The fraction of sp³-hybridized carbons (Fsp3) is 0.161. The van der Waals surface area contributed by atoms with E-state index in [1.165, 1.54) is 11.1 Å². The summed E-state index contributed by atoms with van der Waals surface area (Å²) in [6.45, 7) is 1.96. The van der Waals surface area contributed by atoms with E-state index in [0.717, 1.165) is 5.56 Å². The molecule has 1 N–H and O–H groups in total. The van der Waals surface area contributed by atoms with Gasteiger partial charge in [0.1, 0.15) is 0 Å². The summed E-state index contributed by atoms with van der Waals surface area (Å²) in [5.74, 6) is 0.0687. The molecule has 3 nitrogen and oxygen atoms in total. The molecule has 4 aromatic carbocycles. The molecule has 1 aliphatic rings. The fourth-order valence-electron chi connectivity index (χ4n) is 4.93. The molecular weight excluding hydrogens is 418 g/mol. The van der Waals surface area contributed by atoms with Gasteiger partial charge in [0.05, 0.1) is 6.04 Å². The molecular formula is C31H27NO2. The lowest BCUT2D eigenvalue weighted by Gasteiger charge is -2.14. The summed E-state index contributed by atoms with van der Waals surface area (Å²) in [6, 6.07) is 37.3. The van der Waals surface area contributed by atoms with Crippen LogP contribution >= 0.6 is 0 Å². The molecule has 0 spiro atoms. The molecule has 0 radical (unpaired) electrons. The lowest BCUT2D eigenvalue weighted by molar-refractivity contribution is 0.0940. The smallest absolute Gasteiger partial charge is 0.251 e. The van der Waals surface area contributed by atoms with Crippen LogP contribution in [0.4, 0.5) is 0 Å². The largest absolute Gasteiger partial charge is 0.346 e. The monoisotopic (exact) mass is 445 g/mol. The molecule has 0 aliphatic heterocycles. The minimum atomic E-state index is -0.180. The van der Waals surface area contributed by atoms with E-state index in [1.54, 1.807) is 18.2 Å². The van der Waals surface area contributed by atoms with Crippen LogP contribution < -0.4 is 5.32 Å². The molecule has 4 atom stereocenters. The van der Waals surface area contributed by atoms with Crippen molar-refractivity contribution in [1.82, 2.24) is 5.32 Å². The summed E-state index contributed by atoms with van der Waals surface area (Å²) in [5, 5.41) is 3.04. The number of benzene rings is 4. The third kappa shape index (κ3) is 4.42. The van der Waals surface area contributed by atoms with E-state index in [9.17, 15) is 9.59 Å². The molecule has 0 bridgehead atoms. The van der Waals surface area contributed by atoms with Crippen molar-refractivity contribution in [3.63, 3.8) is 0 Å². The van der Waals surface area contributed by atoms with Crippen LogP contribution in [-0.4, -0.2) is 11.7 Å². The van der Waals surface area contributed by atoms with E-state index in [0.29, 0.717) is 11.1 Å². The molecule has 34 heavy (non-hydrogen) atoms. The molecule has 0 heterocycles. The van der Waals surface area contributed by atoms with Crippen molar-refractivity contribution in [3.05, 3.63) is 143 Å². The molecule has 4 aromatic rings. The van der Waals surface area contributed by atoms with Gasteiger partial charge in [-0.15, -0.1) is 0 Å². The van der Waals surface area contributed by atoms with Crippen molar-refractivity contribution in [2.24, 2.45) is 5.92 Å². The van der Waals surface area contributed by atoms with Crippen molar-refractivity contribution in [2.45, 2.75) is 24.8 Å². The van der Waals surface area contributed by atoms with Crippen LogP contribution in [-0.2, 0) is 0 Å². The van der Waals surface area contributed by atoms with E-state index >= 15 is 0 Å². The maximum absolute atomic E-state index is 13.7. The summed E-state index contributed by atoms with van der Waals surface area (Å²) >= 11 is 0. The van der Waals surface area contributed by atoms with Gasteiger partial charge in [0.2, 0.25) is 0 Å². The highest BCUT2D eigenvalue weighted by Crippen LogP contribution is 2.61. The van der Waals surface area contributed by atoms with Crippen LogP contribution in [0, 0.1) is 5.92 Å². The first-order valence-electron chi connectivity index (χ1n) is 11.7. The lowest BCUT2D eigenvalue weighted by Crippen LogP contribution is -2.26. The Morgan fingerprint density at radius 2 is 1.15 bits per heavy atom. The van der Waals surface area contributed by atoms with Crippen molar-refractivity contribution < 1.29 is 9.59 Å². The molecule has 1 aliphatic carbocycles. The Balaban J connectivity index is 1.38. The highest BCUT2D eigenvalue weighted by atomic mass is 16.1. The van der Waals surface area contributed by atoms with Gasteiger partial charge in [-0.1, -0.05) is 103 Å². The molecule has 1 fully saturated rings. The van der Waals surface area contributed by atoms with Gasteiger partial charge in [-0.2, -0.15) is 0 Å². The number of carbonyl (C=O) groups is 2. The second kappa shape index (κ2) is 9.48. The van der Waals surface area contributed by atoms with E-state index in [1.807, 2.05) is 79.7 Å². The molecule has 1 unspecified atom stereocenters. The maximum atomic E-state index is 13.7. The zero-order valence-corrected chi connectivity index (χ0v) is 19.1. The van der Waals surface area contributed by atoms with E-state index in [2.05, 4.69) is 29.6 Å². The zero-order chi connectivity index (χ0) is 23.5. The van der Waals surface area contributed by atoms with E-state index in [4.69, 9.17) is 0 Å². The summed E-state index contributed by atoms with van der Waals surface area (Å²) in [4.78, 5) is 26.6. The van der Waals surface area contributed by atoms with E-state index < -0.39 is 0 Å². The van der Waals surface area contributed by atoms with Gasteiger partial charge in [0.25, 0.3) is 5.91 Å². The number of amides is 1. The predicted molar refractivity (Wildman–Crippen MR) is 135 cm³/mol. The van der Waals surface area contributed by atoms with Gasteiger partial charge in [-0.25, -0.2) is 0 Å². The Morgan fingerprint density at radius 3 is 1.71 bits per heavy atom. The topological polar surface area (TPSA) is 46.2 Å². The summed E-state index contributed by atoms with van der Waals surface area (Å²) < 4.78 is 0. The van der Waals surface area contributed by atoms with Crippen LogP contribution in [0.15, 0.2) is 115 Å². The highest BCUT2D eigenvalue weighted by Gasteiger charge is 2.55. The number of hydrogen-bond acceptors (Lipinski definition) is 2. The maximum Gasteiger partial charge on any atom is 0.251 e. The number of hydrogen-bond donors (Lipinski definition) is 1. The van der Waals surface area contributed by atoms with Crippen LogP contribution in [0.25, 0.3) is 0 Å². The normalized spacial score (nSPS) is 19.7. The number of Topliss-reactive ketones (excluding diaryl/α,β-unsaturated/α-hetero) is 1. The standard InChI is InChI=1S/C31H27NO2/c1-21(22-12-5-2-6-13-22)32-31(34)26-19-11-18-25(20-26)30(33)29-27(23-14-7-3-8-15-23)28(29)24-16-9-4-10-17-24/h2-21,27-29H,1H3,(H,32,34)/t21-,27-,28+,29?/m0/s1. The number of carbonyl (C=O) groups excluding carboxylic acids is 2. The van der Waals surface area contributed by atoms with Crippen LogP contribution in [0.3, 0.4) is 0 Å². The van der Waals surface area contributed by atoms with Gasteiger partial charge >= 0.3 is 0 Å². The minimum Gasteiger partial charge on any atom is -0.346 e. The molecule has 1 amide bonds. The van der Waals surface area contributed by atoms with Gasteiger partial charge in [-0.3, -0.25) is 9.59 Å². The first kappa shape index (κ1) is 21.8. The third-order valence-corrected chi connectivity index (χ3v) is 6.75. The second-order valence-electron chi connectivity index (χ2n) is 8.95. The Bertz CT molecular complexity index is 1240. The van der Waals surface area contributed by atoms with Crippen LogP contribution in [0.5, 0.6) is 0 Å². The Morgan fingerprint density at radius 1 is 0.647 bits per heavy atom. The number of nitrogens with one attached hydrogen (secondary N) is 1. The molecule has 1 saturated carbocycles. The SMILES string of the molecule is C[C@H](NC(=O)c1cccc(C(=O)C2[C@@H](c3ccccc3)[C@H]2c2ccccc2)c1)c1ccccc1. The third-order valence-electron chi connectivity index (χ3n) is 6.75. The predicted octanol–water partition coefficient (Wildman–Crippen LogP) is 6.56. The first-order valence-corrected chi connectivity index (χ1v) is 11.7. The highest BCUT2D eigenvalue weighted by molar-refractivity contribution is 6.04.